The van der Waals surface area contributed by atoms with Gasteiger partial charge in [0.05, 0.1) is 12.2 Å². The third-order valence-electron chi connectivity index (χ3n) is 2.44. The molecule has 0 unspecified atom stereocenters. The molecule has 0 aliphatic rings. The highest BCUT2D eigenvalue weighted by Crippen LogP contribution is 2.35. The number of nitrogens with zero attached hydrogens (tertiary/aromatic N) is 2. The van der Waals surface area contributed by atoms with Gasteiger partial charge in [-0.05, 0) is 6.92 Å². The summed E-state index contributed by atoms with van der Waals surface area (Å²) in [4.78, 5) is 11.2. The molecule has 0 spiro atoms. The normalized spacial score (nSPS) is 10.6. The van der Waals surface area contributed by atoms with Crippen molar-refractivity contribution in [1.82, 2.24) is 15.4 Å². The molecule has 2 rings (SSSR count). The third-order valence-corrected chi connectivity index (χ3v) is 2.44. The highest BCUT2D eigenvalue weighted by Gasteiger charge is 2.27. The maximum atomic E-state index is 13.9. The standard InChI is InChI=1S/C11H9F3N4O2/c1-2-20-5-3-4(12)7(13)8(14)6(5)9-10(11(15)19)17-18-16-9/h3H,2H2,1H3,(H2,15,19)(H,16,17,18). The molecule has 1 aromatic heterocycles. The molecule has 0 radical (unpaired) electrons. The first-order chi connectivity index (χ1) is 9.47. The number of hydrogen-bond donors (Lipinski definition) is 2. The monoisotopic (exact) mass is 286 g/mol. The molecule has 0 saturated heterocycles. The topological polar surface area (TPSA) is 93.9 Å². The molecule has 0 fully saturated rings. The second kappa shape index (κ2) is 5.19. The largest absolute Gasteiger partial charge is 0.493 e. The number of benzene rings is 1. The lowest BCUT2D eigenvalue weighted by molar-refractivity contribution is 0.0996. The van der Waals surface area contributed by atoms with E-state index in [1.807, 2.05) is 0 Å². The number of ether oxygens (including phenoxy) is 1. The fraction of sp³-hybridized carbons (Fsp3) is 0.182. The van der Waals surface area contributed by atoms with Crippen LogP contribution in [-0.4, -0.2) is 27.9 Å². The first-order valence-electron chi connectivity index (χ1n) is 5.48. The van der Waals surface area contributed by atoms with Gasteiger partial charge in [0.1, 0.15) is 11.4 Å². The van der Waals surface area contributed by atoms with Crippen molar-refractivity contribution < 1.29 is 22.7 Å². The number of aromatic amines is 1. The Morgan fingerprint density at radius 3 is 2.65 bits per heavy atom. The molecule has 106 valence electrons. The van der Waals surface area contributed by atoms with E-state index in [1.54, 1.807) is 6.92 Å². The second-order valence-corrected chi connectivity index (χ2v) is 3.68. The first-order valence-corrected chi connectivity index (χ1v) is 5.48. The SMILES string of the molecule is CCOc1cc(F)c(F)c(F)c1-c1n[nH]nc1C(N)=O. The Hall–Kier alpha value is -2.58. The lowest BCUT2D eigenvalue weighted by atomic mass is 10.1. The van der Waals surface area contributed by atoms with Crippen molar-refractivity contribution in [2.24, 2.45) is 5.73 Å². The Labute approximate surface area is 110 Å². The van der Waals surface area contributed by atoms with E-state index in [9.17, 15) is 18.0 Å². The van der Waals surface area contributed by atoms with Gasteiger partial charge in [0.25, 0.3) is 5.91 Å². The van der Waals surface area contributed by atoms with Crippen LogP contribution in [0.1, 0.15) is 17.4 Å². The molecular weight excluding hydrogens is 277 g/mol. The average molecular weight is 286 g/mol. The molecule has 0 saturated carbocycles. The van der Waals surface area contributed by atoms with Crippen molar-refractivity contribution in [2.75, 3.05) is 6.61 Å². The molecule has 1 amide bonds. The van der Waals surface area contributed by atoms with Crippen LogP contribution in [0.25, 0.3) is 11.3 Å². The number of aromatic nitrogens is 3. The number of primary amides is 1. The molecule has 6 nitrogen and oxygen atoms in total. The number of halogens is 3. The Balaban J connectivity index is 2.74. The number of nitrogens with one attached hydrogen (secondary N) is 1. The molecule has 9 heteroatoms. The average Bonchev–Trinajstić information content (AvgIpc) is 2.86. The number of hydrogen-bond acceptors (Lipinski definition) is 4. The first kappa shape index (κ1) is 13.8. The van der Waals surface area contributed by atoms with Gasteiger partial charge in [0, 0.05) is 6.07 Å². The van der Waals surface area contributed by atoms with E-state index < -0.39 is 34.6 Å². The minimum atomic E-state index is -1.71. The minimum Gasteiger partial charge on any atom is -0.493 e. The summed E-state index contributed by atoms with van der Waals surface area (Å²) in [5.41, 5.74) is 3.77. The van der Waals surface area contributed by atoms with E-state index in [0.29, 0.717) is 6.07 Å². The predicted octanol–water partition coefficient (Wildman–Crippen LogP) is 1.39. The van der Waals surface area contributed by atoms with Crippen LogP contribution in [0.15, 0.2) is 6.07 Å². The third kappa shape index (κ3) is 2.17. The second-order valence-electron chi connectivity index (χ2n) is 3.68. The van der Waals surface area contributed by atoms with Gasteiger partial charge < -0.3 is 10.5 Å². The fourth-order valence-corrected chi connectivity index (χ4v) is 1.64. The highest BCUT2D eigenvalue weighted by molar-refractivity contribution is 5.97. The van der Waals surface area contributed by atoms with Gasteiger partial charge in [-0.3, -0.25) is 4.79 Å². The van der Waals surface area contributed by atoms with E-state index in [1.165, 1.54) is 0 Å². The molecule has 0 atom stereocenters. The molecule has 0 bridgehead atoms. The molecule has 0 aliphatic heterocycles. The van der Waals surface area contributed by atoms with Crippen LogP contribution in [-0.2, 0) is 0 Å². The fourth-order valence-electron chi connectivity index (χ4n) is 1.64. The van der Waals surface area contributed by atoms with Gasteiger partial charge in [0.2, 0.25) is 0 Å². The number of nitrogens with two attached hydrogens (primary N) is 1. The Kier molecular flexibility index (Phi) is 3.59. The van der Waals surface area contributed by atoms with Gasteiger partial charge in [-0.25, -0.2) is 13.2 Å². The summed E-state index contributed by atoms with van der Waals surface area (Å²) < 4.78 is 45.5. The van der Waals surface area contributed by atoms with Crippen LogP contribution < -0.4 is 10.5 Å². The predicted molar refractivity (Wildman–Crippen MR) is 61.4 cm³/mol. The molecule has 2 aromatic rings. The highest BCUT2D eigenvalue weighted by atomic mass is 19.2. The smallest absolute Gasteiger partial charge is 0.271 e. The van der Waals surface area contributed by atoms with Gasteiger partial charge in [-0.2, -0.15) is 15.4 Å². The maximum absolute atomic E-state index is 13.9. The van der Waals surface area contributed by atoms with Gasteiger partial charge in [-0.1, -0.05) is 0 Å². The molecule has 1 heterocycles. The summed E-state index contributed by atoms with van der Waals surface area (Å²) in [6.07, 6.45) is 0. The zero-order chi connectivity index (χ0) is 14.9. The molecule has 20 heavy (non-hydrogen) atoms. The zero-order valence-electron chi connectivity index (χ0n) is 10.2. The molecule has 0 aliphatic carbocycles. The number of carbonyl (C=O) groups excluding carboxylic acids is 1. The molecule has 3 N–H and O–H groups in total. The van der Waals surface area contributed by atoms with Crippen molar-refractivity contribution in [3.8, 4) is 17.0 Å². The number of carbonyl (C=O) groups is 1. The number of amides is 1. The van der Waals surface area contributed by atoms with Crippen LogP contribution in [0, 0.1) is 17.5 Å². The summed E-state index contributed by atoms with van der Waals surface area (Å²) in [5.74, 6) is -5.97. The summed E-state index contributed by atoms with van der Waals surface area (Å²) >= 11 is 0. The Morgan fingerprint density at radius 2 is 2.05 bits per heavy atom. The van der Waals surface area contributed by atoms with Crippen LogP contribution in [0.5, 0.6) is 5.75 Å². The van der Waals surface area contributed by atoms with E-state index in [4.69, 9.17) is 10.5 Å². The number of H-pyrrole nitrogens is 1. The van der Waals surface area contributed by atoms with Crippen LogP contribution in [0.2, 0.25) is 0 Å². The van der Waals surface area contributed by atoms with Gasteiger partial charge >= 0.3 is 0 Å². The van der Waals surface area contributed by atoms with Crippen molar-refractivity contribution in [2.45, 2.75) is 6.92 Å². The van der Waals surface area contributed by atoms with Crippen molar-refractivity contribution in [3.63, 3.8) is 0 Å². The van der Waals surface area contributed by atoms with E-state index in [0.717, 1.165) is 0 Å². The molecular formula is C11H9F3N4O2. The molecule has 1 aromatic carbocycles. The van der Waals surface area contributed by atoms with Crippen molar-refractivity contribution in [3.05, 3.63) is 29.2 Å². The van der Waals surface area contributed by atoms with Crippen molar-refractivity contribution in [1.29, 1.82) is 0 Å². The summed E-state index contributed by atoms with van der Waals surface area (Å²) in [6, 6.07) is 0.663. The quantitative estimate of drug-likeness (QED) is 0.830. The lowest BCUT2D eigenvalue weighted by Gasteiger charge is -2.11. The van der Waals surface area contributed by atoms with Crippen molar-refractivity contribution >= 4 is 5.91 Å². The Morgan fingerprint density at radius 1 is 1.35 bits per heavy atom. The van der Waals surface area contributed by atoms with Gasteiger partial charge in [-0.15, -0.1) is 0 Å². The Bertz CT molecular complexity index is 672. The lowest BCUT2D eigenvalue weighted by Crippen LogP contribution is -2.13. The summed E-state index contributed by atoms with van der Waals surface area (Å²) in [5, 5.41) is 9.04. The minimum absolute atomic E-state index is 0.0707. The summed E-state index contributed by atoms with van der Waals surface area (Å²) in [6.45, 7) is 1.64. The van der Waals surface area contributed by atoms with Crippen LogP contribution >= 0.6 is 0 Å². The summed E-state index contributed by atoms with van der Waals surface area (Å²) in [7, 11) is 0. The van der Waals surface area contributed by atoms with Crippen LogP contribution in [0.4, 0.5) is 13.2 Å². The van der Waals surface area contributed by atoms with E-state index in [-0.39, 0.29) is 18.1 Å². The number of rotatable bonds is 4. The maximum Gasteiger partial charge on any atom is 0.271 e. The van der Waals surface area contributed by atoms with Crippen LogP contribution in [0.3, 0.4) is 0 Å². The van der Waals surface area contributed by atoms with Gasteiger partial charge in [0.15, 0.2) is 23.1 Å². The van der Waals surface area contributed by atoms with E-state index in [2.05, 4.69) is 15.4 Å². The van der Waals surface area contributed by atoms with E-state index >= 15 is 0 Å². The zero-order valence-corrected chi connectivity index (χ0v) is 10.2.